The van der Waals surface area contributed by atoms with Crippen LogP contribution in [0.4, 0.5) is 0 Å². The molecule has 330 valence electrons. The number of fused-ring (bicyclic) bond motifs is 11. The maximum Gasteiger partial charge on any atom is 0.261 e. The lowest BCUT2D eigenvalue weighted by atomic mass is 9.81. The molecule has 2 amide bonds. The van der Waals surface area contributed by atoms with Crippen LogP contribution in [-0.4, -0.2) is 23.8 Å². The third-order valence-electron chi connectivity index (χ3n) is 16.8. The van der Waals surface area contributed by atoms with Gasteiger partial charge in [0.15, 0.2) is 0 Å². The third kappa shape index (κ3) is 4.54. The van der Waals surface area contributed by atoms with Gasteiger partial charge in [-0.2, -0.15) is 0 Å². The Morgan fingerprint density at radius 1 is 0.222 bits per heavy atom. The number of carbonyl (C=O) groups is 2. The minimum absolute atomic E-state index is 0.266. The Kier molecular flexibility index (Phi) is 7.18. The van der Waals surface area contributed by atoms with Gasteiger partial charge in [0.2, 0.25) is 0 Å². The fourth-order valence-corrected chi connectivity index (χ4v) is 13.9. The van der Waals surface area contributed by atoms with E-state index in [9.17, 15) is 9.59 Å². The van der Waals surface area contributed by atoms with E-state index >= 15 is 0 Å². The molecule has 0 radical (unpaired) electrons. The van der Waals surface area contributed by atoms with Crippen LogP contribution in [0.1, 0.15) is 20.7 Å². The van der Waals surface area contributed by atoms with Crippen molar-refractivity contribution in [3.05, 3.63) is 217 Å². The zero-order valence-corrected chi connectivity index (χ0v) is 38.9. The van der Waals surface area contributed by atoms with Gasteiger partial charge in [0, 0.05) is 18.2 Å². The predicted octanol–water partition coefficient (Wildman–Crippen LogP) is 17.8. The molecule has 0 bridgehead atoms. The van der Waals surface area contributed by atoms with Gasteiger partial charge >= 0.3 is 0 Å². The number of amides is 2. The van der Waals surface area contributed by atoms with Crippen LogP contribution in [-0.2, 0) is 0 Å². The molecule has 3 heteroatoms. The molecule has 17 rings (SSSR count). The van der Waals surface area contributed by atoms with Gasteiger partial charge in [-0.15, -0.1) is 0 Å². The van der Waals surface area contributed by atoms with Crippen molar-refractivity contribution in [2.75, 3.05) is 7.05 Å². The Hall–Kier alpha value is -9.44. The molecule has 1 aliphatic heterocycles. The van der Waals surface area contributed by atoms with E-state index in [0.29, 0.717) is 11.1 Å². The highest BCUT2D eigenvalue weighted by Gasteiger charge is 2.44. The number of hydrogen-bond donors (Lipinski definition) is 0. The van der Waals surface area contributed by atoms with Gasteiger partial charge in [0.05, 0.1) is 11.1 Å². The van der Waals surface area contributed by atoms with Gasteiger partial charge in [0.1, 0.15) is 0 Å². The highest BCUT2D eigenvalue weighted by molar-refractivity contribution is 6.46. The van der Waals surface area contributed by atoms with Crippen molar-refractivity contribution < 1.29 is 9.59 Å². The standard InChI is InChI=1S/C69H37NO2/c1-70-68(71)66-54(38-18-10-4-11-19-38)64-52-34-30-48-44-26-24-42-46-28-32-50-56-40(36-14-6-2-7-15-36)22-23-41(37-16-8-3-9-17-37)57(56)51-33-29-47(60(46)62(50)51)43-25-27-45(59(44)58(42)43)49-31-35-53(63(52)61(48)49)65(64)55(67(66)69(70)72)39-20-12-5-13-21-39/h2-35H,1H3. The highest BCUT2D eigenvalue weighted by Crippen LogP contribution is 2.62. The normalized spacial score (nSPS) is 13.4. The first-order chi connectivity index (χ1) is 35.5. The van der Waals surface area contributed by atoms with Crippen LogP contribution < -0.4 is 0 Å². The van der Waals surface area contributed by atoms with E-state index < -0.39 is 0 Å². The lowest BCUT2D eigenvalue weighted by molar-refractivity contribution is 0.0693. The van der Waals surface area contributed by atoms with Crippen molar-refractivity contribution in [1.29, 1.82) is 0 Å². The largest absolute Gasteiger partial charge is 0.277 e. The first-order valence-corrected chi connectivity index (χ1v) is 24.8. The lowest BCUT2D eigenvalue weighted by Gasteiger charge is -2.20. The summed E-state index contributed by atoms with van der Waals surface area (Å²) in [6, 6.07) is 75.0. The number of nitrogens with zero attached hydrogens (tertiary/aromatic N) is 1. The maximum atomic E-state index is 14.5. The first-order valence-electron chi connectivity index (χ1n) is 24.8. The van der Waals surface area contributed by atoms with E-state index in [1.54, 1.807) is 7.05 Å². The zero-order valence-electron chi connectivity index (χ0n) is 38.9. The van der Waals surface area contributed by atoms with Crippen molar-refractivity contribution >= 4 is 87.2 Å². The summed E-state index contributed by atoms with van der Waals surface area (Å²) in [6.45, 7) is 0. The molecule has 0 atom stereocenters. The summed E-state index contributed by atoms with van der Waals surface area (Å²) in [6.07, 6.45) is 0. The smallest absolute Gasteiger partial charge is 0.261 e. The fourth-order valence-electron chi connectivity index (χ4n) is 13.9. The molecule has 0 aromatic heterocycles. The van der Waals surface area contributed by atoms with Crippen LogP contribution in [0.15, 0.2) is 206 Å². The molecule has 0 N–H and O–H groups in total. The quantitative estimate of drug-likeness (QED) is 0.100. The molecule has 2 aliphatic carbocycles. The minimum atomic E-state index is -0.266. The molecule has 14 aromatic carbocycles. The van der Waals surface area contributed by atoms with E-state index in [2.05, 4.69) is 170 Å². The summed E-state index contributed by atoms with van der Waals surface area (Å²) in [5.74, 6) is -0.532. The molecule has 0 saturated carbocycles. The van der Waals surface area contributed by atoms with Crippen molar-refractivity contribution in [3.63, 3.8) is 0 Å². The van der Waals surface area contributed by atoms with Crippen LogP contribution >= 0.6 is 0 Å². The number of benzene rings is 14. The van der Waals surface area contributed by atoms with Crippen molar-refractivity contribution in [1.82, 2.24) is 4.90 Å². The Morgan fingerprint density at radius 3 is 0.792 bits per heavy atom. The Labute approximate surface area is 413 Å². The zero-order chi connectivity index (χ0) is 47.2. The number of imide groups is 1. The molecule has 0 saturated heterocycles. The molecular weight excluding hydrogens is 875 g/mol. The summed E-state index contributed by atoms with van der Waals surface area (Å²) < 4.78 is 0. The summed E-state index contributed by atoms with van der Waals surface area (Å²) in [5, 5.41) is 17.6. The second kappa shape index (κ2) is 13.5. The van der Waals surface area contributed by atoms with Gasteiger partial charge in [0.25, 0.3) is 11.8 Å². The highest BCUT2D eigenvalue weighted by atomic mass is 16.2. The summed E-state index contributed by atoms with van der Waals surface area (Å²) in [7, 11) is 1.61. The third-order valence-corrected chi connectivity index (χ3v) is 16.8. The van der Waals surface area contributed by atoms with E-state index in [0.717, 1.165) is 44.5 Å². The number of rotatable bonds is 4. The second-order valence-corrected chi connectivity index (χ2v) is 20.0. The van der Waals surface area contributed by atoms with E-state index in [1.165, 1.54) is 125 Å². The molecule has 72 heavy (non-hydrogen) atoms. The summed E-state index contributed by atoms with van der Waals surface area (Å²) in [5.41, 5.74) is 18.8. The monoisotopic (exact) mass is 911 g/mol. The Morgan fingerprint density at radius 2 is 0.472 bits per heavy atom. The Bertz CT molecular complexity index is 4510. The van der Waals surface area contributed by atoms with E-state index in [4.69, 9.17) is 0 Å². The Balaban J connectivity index is 0.960. The van der Waals surface area contributed by atoms with Crippen LogP contribution in [0.3, 0.4) is 0 Å². The molecule has 3 aliphatic rings. The summed E-state index contributed by atoms with van der Waals surface area (Å²) >= 11 is 0. The molecule has 14 aromatic rings. The van der Waals surface area contributed by atoms with Crippen molar-refractivity contribution in [2.45, 2.75) is 0 Å². The van der Waals surface area contributed by atoms with E-state index in [1.807, 2.05) is 36.4 Å². The second-order valence-electron chi connectivity index (χ2n) is 20.0. The van der Waals surface area contributed by atoms with Crippen molar-refractivity contribution in [2.24, 2.45) is 0 Å². The molecular formula is C69H37NO2. The predicted molar refractivity (Wildman–Crippen MR) is 298 cm³/mol. The van der Waals surface area contributed by atoms with Crippen molar-refractivity contribution in [3.8, 4) is 89.0 Å². The number of carbonyl (C=O) groups excluding carboxylic acids is 2. The van der Waals surface area contributed by atoms with Gasteiger partial charge in [-0.25, -0.2) is 0 Å². The molecule has 0 spiro atoms. The van der Waals surface area contributed by atoms with E-state index in [-0.39, 0.29) is 11.8 Å². The van der Waals surface area contributed by atoms with Gasteiger partial charge in [-0.1, -0.05) is 206 Å². The molecule has 0 unspecified atom stereocenters. The van der Waals surface area contributed by atoms with Crippen LogP contribution in [0, 0.1) is 0 Å². The summed E-state index contributed by atoms with van der Waals surface area (Å²) in [4.78, 5) is 30.2. The number of hydrogen-bond acceptors (Lipinski definition) is 2. The van der Waals surface area contributed by atoms with Crippen LogP contribution in [0.5, 0.6) is 0 Å². The molecule has 3 nitrogen and oxygen atoms in total. The van der Waals surface area contributed by atoms with Crippen LogP contribution in [0.25, 0.3) is 164 Å². The first kappa shape index (κ1) is 38.4. The topological polar surface area (TPSA) is 37.4 Å². The van der Waals surface area contributed by atoms with Gasteiger partial charge < -0.3 is 0 Å². The lowest BCUT2D eigenvalue weighted by Crippen LogP contribution is -2.24. The average Bonchev–Trinajstić information content (AvgIpc) is 4.05. The molecule has 1 heterocycles. The van der Waals surface area contributed by atoms with Gasteiger partial charge in [-0.05, 0) is 153 Å². The van der Waals surface area contributed by atoms with Crippen LogP contribution in [0.2, 0.25) is 0 Å². The van der Waals surface area contributed by atoms with Gasteiger partial charge in [-0.3, -0.25) is 14.5 Å². The molecule has 0 fully saturated rings. The maximum absolute atomic E-state index is 14.5. The minimum Gasteiger partial charge on any atom is -0.277 e. The fraction of sp³-hybridized carbons (Fsp3) is 0.0145. The average molecular weight is 912 g/mol. The SMILES string of the molecule is CN1C(=O)c2c(c(-c3ccccc3)c3c(c2-c2ccccc2)-c2ccc4c5ccc6c7ccc8c9c(ccc(c%10ccc(c%11ccc-3c2c4%11)c5c6%10)c97)-c2c(-c3ccccc3)ccc(-c3ccccc3)c2-8)C1=O.